The Bertz CT molecular complexity index is 938. The molecular weight excluding hydrogens is 350 g/mol. The van der Waals surface area contributed by atoms with Crippen molar-refractivity contribution in [2.45, 2.75) is 25.5 Å². The zero-order valence-electron chi connectivity index (χ0n) is 14.6. The first-order valence-corrected chi connectivity index (χ1v) is 8.79. The normalized spacial score (nSPS) is 16.5. The van der Waals surface area contributed by atoms with Crippen molar-refractivity contribution < 1.29 is 14.3 Å². The molecule has 9 nitrogen and oxygen atoms in total. The van der Waals surface area contributed by atoms with Crippen molar-refractivity contribution in [2.75, 3.05) is 23.8 Å². The number of nitro groups is 1. The summed E-state index contributed by atoms with van der Waals surface area (Å²) in [6.07, 6.45) is 2.15. The molecule has 1 aliphatic heterocycles. The number of nitrogens with zero attached hydrogens (tertiary/aromatic N) is 3. The zero-order chi connectivity index (χ0) is 18.6. The van der Waals surface area contributed by atoms with Crippen LogP contribution in [-0.4, -0.2) is 34.5 Å². The van der Waals surface area contributed by atoms with Crippen molar-refractivity contribution >= 4 is 28.1 Å². The highest BCUT2D eigenvalue weighted by atomic mass is 16.6. The van der Waals surface area contributed by atoms with E-state index in [1.807, 2.05) is 30.3 Å². The number of anilines is 2. The number of nitrogens with one attached hydrogen (secondary N) is 2. The lowest BCUT2D eigenvalue weighted by Gasteiger charge is -2.14. The first-order chi connectivity index (χ1) is 13.2. The van der Waals surface area contributed by atoms with Gasteiger partial charge in [0, 0.05) is 19.7 Å². The average Bonchev–Trinajstić information content (AvgIpc) is 3.36. The van der Waals surface area contributed by atoms with Crippen LogP contribution < -0.4 is 10.6 Å². The number of ether oxygens (including phenoxy) is 1. The number of hydrogen-bond donors (Lipinski definition) is 2. The number of aromatic nitrogens is 2. The summed E-state index contributed by atoms with van der Waals surface area (Å²) < 4.78 is 10.4. The summed E-state index contributed by atoms with van der Waals surface area (Å²) in [6.45, 7) is 1.80. The van der Waals surface area contributed by atoms with Gasteiger partial charge in [-0.15, -0.1) is 0 Å². The third kappa shape index (κ3) is 3.68. The monoisotopic (exact) mass is 369 g/mol. The maximum Gasteiger partial charge on any atom is 0.323 e. The number of benzene rings is 2. The third-order valence-electron chi connectivity index (χ3n) is 4.56. The Hall–Kier alpha value is -3.20. The lowest BCUT2D eigenvalue weighted by atomic mass is 10.1. The molecule has 1 aliphatic rings. The molecule has 0 spiro atoms. The van der Waals surface area contributed by atoms with Crippen LogP contribution in [0.1, 0.15) is 18.4 Å². The minimum absolute atomic E-state index is 0.118. The van der Waals surface area contributed by atoms with E-state index in [9.17, 15) is 10.1 Å². The van der Waals surface area contributed by atoms with Gasteiger partial charge in [-0.25, -0.2) is 4.63 Å². The molecule has 27 heavy (non-hydrogen) atoms. The minimum atomic E-state index is -0.469. The smallest absolute Gasteiger partial charge is 0.323 e. The summed E-state index contributed by atoms with van der Waals surface area (Å²) in [5, 5.41) is 25.6. The molecule has 1 fully saturated rings. The van der Waals surface area contributed by atoms with Crippen LogP contribution in [0, 0.1) is 10.1 Å². The molecule has 9 heteroatoms. The molecular formula is C18H19N5O4. The fraction of sp³-hybridized carbons (Fsp3) is 0.333. The van der Waals surface area contributed by atoms with Crippen molar-refractivity contribution in [1.29, 1.82) is 0 Å². The standard InChI is InChI=1S/C18H19N5O4/c24-23(25)18-15(19-10-12-5-2-1-3-6-12)9-14(16-17(18)22-27-21-16)20-11-13-7-4-8-26-13/h1-3,5-6,9,13,19-20H,4,7-8,10-11H2. The predicted molar refractivity (Wildman–Crippen MR) is 99.7 cm³/mol. The van der Waals surface area contributed by atoms with Crippen LogP contribution >= 0.6 is 0 Å². The molecule has 0 saturated carbocycles. The summed E-state index contributed by atoms with van der Waals surface area (Å²) in [5.74, 6) is 0. The summed E-state index contributed by atoms with van der Waals surface area (Å²) in [4.78, 5) is 11.2. The fourth-order valence-electron chi connectivity index (χ4n) is 3.21. The van der Waals surface area contributed by atoms with Gasteiger partial charge in [0.05, 0.1) is 16.7 Å². The molecule has 1 atom stereocenters. The summed E-state index contributed by atoms with van der Waals surface area (Å²) >= 11 is 0. The van der Waals surface area contributed by atoms with Crippen molar-refractivity contribution in [2.24, 2.45) is 0 Å². The molecule has 2 heterocycles. The highest BCUT2D eigenvalue weighted by Gasteiger charge is 2.26. The quantitative estimate of drug-likeness (QED) is 0.481. The second-order valence-electron chi connectivity index (χ2n) is 6.39. The van der Waals surface area contributed by atoms with Crippen LogP contribution in [-0.2, 0) is 11.3 Å². The second kappa shape index (κ2) is 7.58. The van der Waals surface area contributed by atoms with Crippen molar-refractivity contribution in [3.05, 3.63) is 52.1 Å². The maximum atomic E-state index is 11.6. The Morgan fingerprint density at radius 3 is 2.70 bits per heavy atom. The van der Waals surface area contributed by atoms with E-state index < -0.39 is 4.92 Å². The number of rotatable bonds is 7. The lowest BCUT2D eigenvalue weighted by molar-refractivity contribution is -0.382. The maximum absolute atomic E-state index is 11.6. The SMILES string of the molecule is O=[N+]([O-])c1c(NCc2ccccc2)cc(NCC2CCCO2)c2nonc12. The van der Waals surface area contributed by atoms with Gasteiger partial charge in [-0.2, -0.15) is 0 Å². The molecule has 2 aromatic carbocycles. The fourth-order valence-corrected chi connectivity index (χ4v) is 3.21. The van der Waals surface area contributed by atoms with E-state index in [1.165, 1.54) is 0 Å². The number of fused-ring (bicyclic) bond motifs is 1. The Morgan fingerprint density at radius 1 is 1.15 bits per heavy atom. The highest BCUT2D eigenvalue weighted by Crippen LogP contribution is 2.37. The predicted octanol–water partition coefficient (Wildman–Crippen LogP) is 3.33. The Balaban J connectivity index is 1.64. The van der Waals surface area contributed by atoms with E-state index in [4.69, 9.17) is 9.37 Å². The van der Waals surface area contributed by atoms with Crippen LogP contribution in [0.15, 0.2) is 41.0 Å². The van der Waals surface area contributed by atoms with E-state index in [0.29, 0.717) is 30.0 Å². The third-order valence-corrected chi connectivity index (χ3v) is 4.56. The van der Waals surface area contributed by atoms with Gasteiger partial charge in [0.25, 0.3) is 0 Å². The van der Waals surface area contributed by atoms with E-state index in [-0.39, 0.29) is 17.3 Å². The molecule has 1 unspecified atom stereocenters. The summed E-state index contributed by atoms with van der Waals surface area (Å²) in [7, 11) is 0. The summed E-state index contributed by atoms with van der Waals surface area (Å²) in [5.41, 5.74) is 2.31. The zero-order valence-corrected chi connectivity index (χ0v) is 14.6. The lowest BCUT2D eigenvalue weighted by Crippen LogP contribution is -2.18. The van der Waals surface area contributed by atoms with Crippen molar-refractivity contribution in [1.82, 2.24) is 10.3 Å². The van der Waals surface area contributed by atoms with E-state index in [2.05, 4.69) is 20.9 Å². The van der Waals surface area contributed by atoms with Gasteiger partial charge >= 0.3 is 5.69 Å². The van der Waals surface area contributed by atoms with Crippen LogP contribution in [0.25, 0.3) is 11.0 Å². The van der Waals surface area contributed by atoms with Gasteiger partial charge < -0.3 is 15.4 Å². The van der Waals surface area contributed by atoms with Gasteiger partial charge in [-0.05, 0) is 34.8 Å². The first kappa shape index (κ1) is 17.2. The first-order valence-electron chi connectivity index (χ1n) is 8.79. The Labute approximate surface area is 154 Å². The molecule has 0 amide bonds. The second-order valence-corrected chi connectivity index (χ2v) is 6.39. The molecule has 0 radical (unpaired) electrons. The van der Waals surface area contributed by atoms with Crippen LogP contribution in [0.2, 0.25) is 0 Å². The Kier molecular flexibility index (Phi) is 4.84. The van der Waals surface area contributed by atoms with Crippen LogP contribution in [0.4, 0.5) is 17.1 Å². The van der Waals surface area contributed by atoms with Gasteiger partial charge in [0.2, 0.25) is 5.52 Å². The largest absolute Gasteiger partial charge is 0.380 e. The average molecular weight is 369 g/mol. The molecule has 0 aliphatic carbocycles. The molecule has 140 valence electrons. The molecule has 0 bridgehead atoms. The van der Waals surface area contributed by atoms with Gasteiger partial charge in [-0.3, -0.25) is 10.1 Å². The van der Waals surface area contributed by atoms with Crippen molar-refractivity contribution in [3.63, 3.8) is 0 Å². The molecule has 2 N–H and O–H groups in total. The van der Waals surface area contributed by atoms with Gasteiger partial charge in [0.15, 0.2) is 5.52 Å². The van der Waals surface area contributed by atoms with Gasteiger partial charge in [0.1, 0.15) is 5.69 Å². The van der Waals surface area contributed by atoms with Crippen LogP contribution in [0.3, 0.4) is 0 Å². The molecule has 1 aromatic heterocycles. The topological polar surface area (TPSA) is 115 Å². The van der Waals surface area contributed by atoms with E-state index in [0.717, 1.165) is 25.0 Å². The van der Waals surface area contributed by atoms with Crippen molar-refractivity contribution in [3.8, 4) is 0 Å². The number of hydrogen-bond acceptors (Lipinski definition) is 8. The number of nitro benzene ring substituents is 1. The molecule has 3 aromatic rings. The van der Waals surface area contributed by atoms with E-state index >= 15 is 0 Å². The highest BCUT2D eigenvalue weighted by molar-refractivity contribution is 5.99. The molecule has 1 saturated heterocycles. The van der Waals surface area contributed by atoms with Gasteiger partial charge in [-0.1, -0.05) is 30.3 Å². The minimum Gasteiger partial charge on any atom is -0.380 e. The van der Waals surface area contributed by atoms with Crippen LogP contribution in [0.5, 0.6) is 0 Å². The van der Waals surface area contributed by atoms with E-state index in [1.54, 1.807) is 6.07 Å². The summed E-state index contributed by atoms with van der Waals surface area (Å²) in [6, 6.07) is 11.3. The Morgan fingerprint density at radius 2 is 1.96 bits per heavy atom. The molecule has 4 rings (SSSR count).